The van der Waals surface area contributed by atoms with Crippen molar-refractivity contribution in [1.82, 2.24) is 5.32 Å². The molecule has 0 aliphatic rings. The first kappa shape index (κ1) is 13.5. The van der Waals surface area contributed by atoms with Crippen molar-refractivity contribution in [2.45, 2.75) is 26.3 Å². The SMILES string of the molecule is CC[C@@H](NC(=O)c1ccc(Cl)c(C)c1)C(=O)O. The van der Waals surface area contributed by atoms with E-state index in [9.17, 15) is 9.59 Å². The number of carboxylic acids is 1. The highest BCUT2D eigenvalue weighted by molar-refractivity contribution is 6.31. The topological polar surface area (TPSA) is 66.4 Å². The molecule has 17 heavy (non-hydrogen) atoms. The number of aryl methyl sites for hydroxylation is 1. The lowest BCUT2D eigenvalue weighted by Crippen LogP contribution is -2.40. The normalized spacial score (nSPS) is 11.9. The Morgan fingerprint density at radius 2 is 2.12 bits per heavy atom. The summed E-state index contributed by atoms with van der Waals surface area (Å²) in [4.78, 5) is 22.5. The molecule has 0 bridgehead atoms. The zero-order chi connectivity index (χ0) is 13.0. The average Bonchev–Trinajstić information content (AvgIpc) is 2.28. The molecule has 0 aromatic heterocycles. The first-order valence-electron chi connectivity index (χ1n) is 5.25. The second-order valence-electron chi connectivity index (χ2n) is 3.74. The van der Waals surface area contributed by atoms with Gasteiger partial charge in [-0.05, 0) is 37.1 Å². The molecule has 1 amide bonds. The standard InChI is InChI=1S/C12H14ClNO3/c1-3-10(12(16)17)14-11(15)8-4-5-9(13)7(2)6-8/h4-6,10H,3H2,1-2H3,(H,14,15)(H,16,17)/t10-/m1/s1. The summed E-state index contributed by atoms with van der Waals surface area (Å²) in [5.74, 6) is -1.44. The van der Waals surface area contributed by atoms with E-state index in [1.165, 1.54) is 0 Å². The summed E-state index contributed by atoms with van der Waals surface area (Å²) < 4.78 is 0. The van der Waals surface area contributed by atoms with Gasteiger partial charge in [0.25, 0.3) is 5.91 Å². The third kappa shape index (κ3) is 3.46. The van der Waals surface area contributed by atoms with Gasteiger partial charge in [0.1, 0.15) is 6.04 Å². The average molecular weight is 256 g/mol. The van der Waals surface area contributed by atoms with E-state index in [0.717, 1.165) is 5.56 Å². The zero-order valence-electron chi connectivity index (χ0n) is 9.66. The van der Waals surface area contributed by atoms with Crippen molar-refractivity contribution in [2.75, 3.05) is 0 Å². The van der Waals surface area contributed by atoms with Crippen LogP contribution in [0, 0.1) is 6.92 Å². The fourth-order valence-corrected chi connectivity index (χ4v) is 1.48. The molecule has 0 saturated carbocycles. The predicted octanol–water partition coefficient (Wildman–Crippen LogP) is 2.24. The number of benzene rings is 1. The van der Waals surface area contributed by atoms with E-state index < -0.39 is 17.9 Å². The lowest BCUT2D eigenvalue weighted by molar-refractivity contribution is -0.139. The van der Waals surface area contributed by atoms with Crippen LogP contribution in [0.1, 0.15) is 29.3 Å². The van der Waals surface area contributed by atoms with E-state index >= 15 is 0 Å². The molecule has 0 radical (unpaired) electrons. The number of carbonyl (C=O) groups excluding carboxylic acids is 1. The quantitative estimate of drug-likeness (QED) is 0.867. The summed E-state index contributed by atoms with van der Waals surface area (Å²) in [5.41, 5.74) is 1.19. The Labute approximate surface area is 105 Å². The van der Waals surface area contributed by atoms with Crippen LogP contribution in [0.4, 0.5) is 0 Å². The highest BCUT2D eigenvalue weighted by Crippen LogP contribution is 2.16. The fourth-order valence-electron chi connectivity index (χ4n) is 1.37. The van der Waals surface area contributed by atoms with Gasteiger partial charge in [-0.1, -0.05) is 18.5 Å². The molecule has 0 aliphatic carbocycles. The Hall–Kier alpha value is -1.55. The monoisotopic (exact) mass is 255 g/mol. The van der Waals surface area contributed by atoms with Gasteiger partial charge in [-0.25, -0.2) is 4.79 Å². The van der Waals surface area contributed by atoms with Crippen LogP contribution in [0.25, 0.3) is 0 Å². The van der Waals surface area contributed by atoms with Crippen LogP contribution in [0.5, 0.6) is 0 Å². The maximum Gasteiger partial charge on any atom is 0.326 e. The van der Waals surface area contributed by atoms with Crippen LogP contribution in [-0.2, 0) is 4.79 Å². The molecule has 0 unspecified atom stereocenters. The minimum atomic E-state index is -1.04. The van der Waals surface area contributed by atoms with Gasteiger partial charge >= 0.3 is 5.97 Å². The van der Waals surface area contributed by atoms with E-state index in [4.69, 9.17) is 16.7 Å². The van der Waals surface area contributed by atoms with Crippen molar-refractivity contribution in [3.05, 3.63) is 34.3 Å². The molecular formula is C12H14ClNO3. The van der Waals surface area contributed by atoms with Crippen molar-refractivity contribution in [2.24, 2.45) is 0 Å². The first-order valence-corrected chi connectivity index (χ1v) is 5.63. The lowest BCUT2D eigenvalue weighted by atomic mass is 10.1. The summed E-state index contributed by atoms with van der Waals surface area (Å²) >= 11 is 5.84. The number of carboxylic acid groups (broad SMARTS) is 1. The molecule has 1 rings (SSSR count). The number of hydrogen-bond acceptors (Lipinski definition) is 2. The smallest absolute Gasteiger partial charge is 0.326 e. The second kappa shape index (κ2) is 5.68. The van der Waals surface area contributed by atoms with E-state index in [1.54, 1.807) is 32.0 Å². The molecule has 5 heteroatoms. The number of halogens is 1. The van der Waals surface area contributed by atoms with E-state index in [-0.39, 0.29) is 0 Å². The van der Waals surface area contributed by atoms with Gasteiger partial charge in [0.15, 0.2) is 0 Å². The Balaban J connectivity index is 2.82. The molecule has 1 atom stereocenters. The third-order valence-corrected chi connectivity index (χ3v) is 2.86. The predicted molar refractivity (Wildman–Crippen MR) is 65.4 cm³/mol. The number of amides is 1. The molecule has 0 spiro atoms. The van der Waals surface area contributed by atoms with Crippen LogP contribution in [0.2, 0.25) is 5.02 Å². The van der Waals surface area contributed by atoms with Gasteiger partial charge in [-0.15, -0.1) is 0 Å². The molecule has 2 N–H and O–H groups in total. The van der Waals surface area contributed by atoms with Gasteiger partial charge < -0.3 is 10.4 Å². The minimum Gasteiger partial charge on any atom is -0.480 e. The van der Waals surface area contributed by atoms with Gasteiger partial charge in [0.2, 0.25) is 0 Å². The summed E-state index contributed by atoms with van der Waals surface area (Å²) in [6, 6.07) is 3.96. The van der Waals surface area contributed by atoms with Crippen LogP contribution < -0.4 is 5.32 Å². The number of carbonyl (C=O) groups is 2. The maximum atomic E-state index is 11.8. The van der Waals surface area contributed by atoms with E-state index in [0.29, 0.717) is 17.0 Å². The molecule has 92 valence electrons. The highest BCUT2D eigenvalue weighted by Gasteiger charge is 2.18. The largest absolute Gasteiger partial charge is 0.480 e. The third-order valence-electron chi connectivity index (χ3n) is 2.43. The highest BCUT2D eigenvalue weighted by atomic mass is 35.5. The van der Waals surface area contributed by atoms with Crippen molar-refractivity contribution in [1.29, 1.82) is 0 Å². The molecular weight excluding hydrogens is 242 g/mol. The zero-order valence-corrected chi connectivity index (χ0v) is 10.4. The summed E-state index contributed by atoms with van der Waals surface area (Å²) in [6.07, 6.45) is 0.341. The molecule has 4 nitrogen and oxygen atoms in total. The number of aliphatic carboxylic acids is 1. The minimum absolute atomic E-state index is 0.341. The van der Waals surface area contributed by atoms with E-state index in [1.807, 2.05) is 0 Å². The number of hydrogen-bond donors (Lipinski definition) is 2. The van der Waals surface area contributed by atoms with Gasteiger partial charge in [0, 0.05) is 10.6 Å². The molecule has 0 saturated heterocycles. The number of nitrogens with one attached hydrogen (secondary N) is 1. The molecule has 1 aromatic carbocycles. The van der Waals surface area contributed by atoms with Crippen LogP contribution in [0.15, 0.2) is 18.2 Å². The Bertz CT molecular complexity index is 445. The van der Waals surface area contributed by atoms with Crippen LogP contribution in [-0.4, -0.2) is 23.0 Å². The van der Waals surface area contributed by atoms with Gasteiger partial charge in [-0.2, -0.15) is 0 Å². The fraction of sp³-hybridized carbons (Fsp3) is 0.333. The van der Waals surface area contributed by atoms with Crippen molar-refractivity contribution in [3.63, 3.8) is 0 Å². The van der Waals surface area contributed by atoms with Crippen molar-refractivity contribution < 1.29 is 14.7 Å². The Morgan fingerprint density at radius 1 is 1.47 bits per heavy atom. The lowest BCUT2D eigenvalue weighted by Gasteiger charge is -2.12. The Morgan fingerprint density at radius 3 is 2.59 bits per heavy atom. The van der Waals surface area contributed by atoms with E-state index in [2.05, 4.69) is 5.32 Å². The molecule has 0 heterocycles. The number of rotatable bonds is 4. The molecule has 0 fully saturated rings. The van der Waals surface area contributed by atoms with Crippen LogP contribution in [0.3, 0.4) is 0 Å². The second-order valence-corrected chi connectivity index (χ2v) is 4.14. The van der Waals surface area contributed by atoms with Crippen LogP contribution >= 0.6 is 11.6 Å². The van der Waals surface area contributed by atoms with Gasteiger partial charge in [0.05, 0.1) is 0 Å². The summed E-state index contributed by atoms with van der Waals surface area (Å²) in [5, 5.41) is 11.9. The molecule has 0 aliphatic heterocycles. The maximum absolute atomic E-state index is 11.8. The van der Waals surface area contributed by atoms with Gasteiger partial charge in [-0.3, -0.25) is 4.79 Å². The summed E-state index contributed by atoms with van der Waals surface area (Å²) in [6.45, 7) is 3.49. The van der Waals surface area contributed by atoms with Crippen molar-refractivity contribution >= 4 is 23.5 Å². The first-order chi connectivity index (χ1) is 7.95. The molecule has 1 aromatic rings. The van der Waals surface area contributed by atoms with Crippen molar-refractivity contribution in [3.8, 4) is 0 Å². The Kier molecular flexibility index (Phi) is 4.52. The summed E-state index contributed by atoms with van der Waals surface area (Å²) in [7, 11) is 0.